The van der Waals surface area contributed by atoms with Gasteiger partial charge >= 0.3 is 5.97 Å². The van der Waals surface area contributed by atoms with E-state index in [1.54, 1.807) is 13.8 Å². The molecule has 3 amide bonds. The number of nitrogens with two attached hydrogens (primary N) is 1. The summed E-state index contributed by atoms with van der Waals surface area (Å²) >= 11 is 0. The monoisotopic (exact) mass is 400 g/mol. The molecule has 0 saturated carbocycles. The van der Waals surface area contributed by atoms with Gasteiger partial charge < -0.3 is 26.8 Å². The van der Waals surface area contributed by atoms with Gasteiger partial charge in [-0.15, -0.1) is 0 Å². The molecule has 0 bridgehead atoms. The average Bonchev–Trinajstić information content (AvgIpc) is 2.59. The van der Waals surface area contributed by atoms with Gasteiger partial charge in [-0.25, -0.2) is 0 Å². The van der Waals surface area contributed by atoms with Gasteiger partial charge in [0.25, 0.3) is 0 Å². The Balaban J connectivity index is 5.23. The van der Waals surface area contributed by atoms with Gasteiger partial charge in [0.15, 0.2) is 0 Å². The van der Waals surface area contributed by atoms with Crippen molar-refractivity contribution in [1.29, 1.82) is 0 Å². The van der Waals surface area contributed by atoms with Crippen molar-refractivity contribution in [2.45, 2.75) is 72.5 Å². The Morgan fingerprint density at radius 3 is 1.86 bits per heavy atom. The van der Waals surface area contributed by atoms with Crippen molar-refractivity contribution in [1.82, 2.24) is 16.0 Å². The lowest BCUT2D eigenvalue weighted by Gasteiger charge is -2.28. The predicted molar refractivity (Wildman–Crippen MR) is 106 cm³/mol. The molecule has 4 atom stereocenters. The highest BCUT2D eigenvalue weighted by atomic mass is 16.4. The van der Waals surface area contributed by atoms with E-state index in [-0.39, 0.29) is 17.8 Å². The van der Waals surface area contributed by atoms with Gasteiger partial charge in [-0.1, -0.05) is 48.0 Å². The zero-order valence-electron chi connectivity index (χ0n) is 17.7. The summed E-state index contributed by atoms with van der Waals surface area (Å²) in [5.41, 5.74) is 5.91. The second-order valence-corrected chi connectivity index (χ2v) is 7.95. The molecule has 0 spiro atoms. The molecule has 0 aromatic rings. The van der Waals surface area contributed by atoms with Gasteiger partial charge in [0.2, 0.25) is 17.7 Å². The van der Waals surface area contributed by atoms with Crippen LogP contribution in [0.2, 0.25) is 0 Å². The van der Waals surface area contributed by atoms with E-state index in [2.05, 4.69) is 16.0 Å². The fraction of sp³-hybridized carbons (Fsp3) is 0.789. The summed E-state index contributed by atoms with van der Waals surface area (Å²) in [6.45, 7) is 10.6. The van der Waals surface area contributed by atoms with Gasteiger partial charge in [0.05, 0.1) is 6.04 Å². The molecule has 0 aromatic heterocycles. The van der Waals surface area contributed by atoms with E-state index >= 15 is 0 Å². The van der Waals surface area contributed by atoms with Crippen molar-refractivity contribution >= 4 is 23.7 Å². The molecule has 0 fully saturated rings. The number of carboxylic acid groups (broad SMARTS) is 1. The number of carboxylic acids is 1. The fourth-order valence-electron chi connectivity index (χ4n) is 2.63. The quantitative estimate of drug-likeness (QED) is 0.316. The van der Waals surface area contributed by atoms with Crippen molar-refractivity contribution < 1.29 is 24.3 Å². The number of carbonyl (C=O) groups excluding carboxylic acids is 3. The van der Waals surface area contributed by atoms with Crippen molar-refractivity contribution in [3.05, 3.63) is 0 Å². The number of hydrogen-bond acceptors (Lipinski definition) is 5. The molecule has 0 radical (unpaired) electrons. The molecule has 0 saturated heterocycles. The Kier molecular flexibility index (Phi) is 11.4. The first-order chi connectivity index (χ1) is 12.9. The fourth-order valence-corrected chi connectivity index (χ4v) is 2.63. The Morgan fingerprint density at radius 2 is 1.43 bits per heavy atom. The standard InChI is InChI=1S/C19H36N4O5/c1-7-12(6)16(23-17(26)13(20)8-10(2)3)19(28)22-15(11(4)5)18(27)21-9-14(24)25/h10-13,15-16H,7-9,20H2,1-6H3,(H,21,27)(H,22,28)(H,23,26)(H,24,25). The highest BCUT2D eigenvalue weighted by Gasteiger charge is 2.32. The number of amides is 3. The van der Waals surface area contributed by atoms with Gasteiger partial charge in [0, 0.05) is 0 Å². The maximum Gasteiger partial charge on any atom is 0.322 e. The third-order valence-corrected chi connectivity index (χ3v) is 4.52. The summed E-state index contributed by atoms with van der Waals surface area (Å²) in [6.07, 6.45) is 1.13. The van der Waals surface area contributed by atoms with Crippen molar-refractivity contribution in [2.24, 2.45) is 23.5 Å². The first kappa shape index (κ1) is 25.8. The Bertz CT molecular complexity index is 550. The highest BCUT2D eigenvalue weighted by molar-refractivity contribution is 5.93. The third kappa shape index (κ3) is 9.16. The van der Waals surface area contributed by atoms with Crippen LogP contribution in [0.25, 0.3) is 0 Å². The summed E-state index contributed by atoms with van der Waals surface area (Å²) in [5, 5.41) is 16.3. The van der Waals surface area contributed by atoms with Crippen LogP contribution in [0.3, 0.4) is 0 Å². The SMILES string of the molecule is CCC(C)C(NC(=O)C(N)CC(C)C)C(=O)NC(C(=O)NCC(=O)O)C(C)C. The second kappa shape index (κ2) is 12.3. The van der Waals surface area contributed by atoms with E-state index in [0.29, 0.717) is 12.8 Å². The van der Waals surface area contributed by atoms with Gasteiger partial charge in [-0.05, 0) is 24.2 Å². The molecular formula is C19H36N4O5. The lowest BCUT2D eigenvalue weighted by Crippen LogP contribution is -2.59. The Hall–Kier alpha value is -2.16. The molecule has 9 nitrogen and oxygen atoms in total. The first-order valence-corrected chi connectivity index (χ1v) is 9.76. The van der Waals surface area contributed by atoms with Crippen LogP contribution in [-0.2, 0) is 19.2 Å². The Morgan fingerprint density at radius 1 is 0.893 bits per heavy atom. The molecule has 6 N–H and O–H groups in total. The second-order valence-electron chi connectivity index (χ2n) is 7.95. The van der Waals surface area contributed by atoms with Crippen molar-refractivity contribution in [2.75, 3.05) is 6.54 Å². The summed E-state index contributed by atoms with van der Waals surface area (Å²) < 4.78 is 0. The lowest BCUT2D eigenvalue weighted by atomic mass is 9.95. The maximum absolute atomic E-state index is 12.8. The predicted octanol–water partition coefficient (Wildman–Crippen LogP) is 0.232. The number of hydrogen-bond donors (Lipinski definition) is 5. The van der Waals surface area contributed by atoms with Crippen molar-refractivity contribution in [3.63, 3.8) is 0 Å². The smallest absolute Gasteiger partial charge is 0.322 e. The van der Waals surface area contributed by atoms with Crippen LogP contribution in [0.5, 0.6) is 0 Å². The lowest BCUT2D eigenvalue weighted by molar-refractivity contribution is -0.139. The molecular weight excluding hydrogens is 364 g/mol. The molecule has 9 heteroatoms. The third-order valence-electron chi connectivity index (χ3n) is 4.52. The van der Waals surface area contributed by atoms with Gasteiger partial charge in [0.1, 0.15) is 18.6 Å². The van der Waals surface area contributed by atoms with E-state index in [9.17, 15) is 19.2 Å². The first-order valence-electron chi connectivity index (χ1n) is 9.76. The van der Waals surface area contributed by atoms with Gasteiger partial charge in [-0.2, -0.15) is 0 Å². The van der Waals surface area contributed by atoms with Crippen LogP contribution in [0.1, 0.15) is 54.4 Å². The van der Waals surface area contributed by atoms with Crippen LogP contribution in [-0.4, -0.2) is 53.5 Å². The molecule has 0 heterocycles. The molecule has 0 aliphatic carbocycles. The minimum Gasteiger partial charge on any atom is -0.480 e. The number of aliphatic carboxylic acids is 1. The zero-order chi connectivity index (χ0) is 22.0. The van der Waals surface area contributed by atoms with Crippen LogP contribution in [0.4, 0.5) is 0 Å². The molecule has 0 rings (SSSR count). The van der Waals surface area contributed by atoms with Crippen LogP contribution < -0.4 is 21.7 Å². The molecule has 0 aliphatic heterocycles. The number of carbonyl (C=O) groups is 4. The summed E-state index contributed by atoms with van der Waals surface area (Å²) in [6, 6.07) is -2.48. The molecule has 28 heavy (non-hydrogen) atoms. The summed E-state index contributed by atoms with van der Waals surface area (Å²) in [5.74, 6) is -2.88. The molecule has 162 valence electrons. The minimum atomic E-state index is -1.17. The summed E-state index contributed by atoms with van der Waals surface area (Å²) in [4.78, 5) is 48.1. The average molecular weight is 401 g/mol. The van der Waals surface area contributed by atoms with E-state index in [1.165, 1.54) is 0 Å². The largest absolute Gasteiger partial charge is 0.480 e. The molecule has 0 aliphatic rings. The van der Waals surface area contributed by atoms with Crippen LogP contribution in [0, 0.1) is 17.8 Å². The van der Waals surface area contributed by atoms with E-state index in [4.69, 9.17) is 10.8 Å². The number of nitrogens with one attached hydrogen (secondary N) is 3. The molecule has 4 unspecified atom stereocenters. The topological polar surface area (TPSA) is 151 Å². The van der Waals surface area contributed by atoms with Crippen LogP contribution in [0.15, 0.2) is 0 Å². The highest BCUT2D eigenvalue weighted by Crippen LogP contribution is 2.11. The summed E-state index contributed by atoms with van der Waals surface area (Å²) in [7, 11) is 0. The number of rotatable bonds is 12. The zero-order valence-corrected chi connectivity index (χ0v) is 17.7. The minimum absolute atomic E-state index is 0.176. The normalized spacial score (nSPS) is 15.5. The van der Waals surface area contributed by atoms with Crippen molar-refractivity contribution in [3.8, 4) is 0 Å². The van der Waals surface area contributed by atoms with E-state index in [0.717, 1.165) is 0 Å². The van der Waals surface area contributed by atoms with E-state index < -0.39 is 48.4 Å². The Labute approximate surface area is 167 Å². The maximum atomic E-state index is 12.8. The molecule has 0 aromatic carbocycles. The van der Waals surface area contributed by atoms with Gasteiger partial charge in [-0.3, -0.25) is 19.2 Å². The van der Waals surface area contributed by atoms with Crippen LogP contribution >= 0.6 is 0 Å². The van der Waals surface area contributed by atoms with E-state index in [1.807, 2.05) is 27.7 Å².